The summed E-state index contributed by atoms with van der Waals surface area (Å²) < 4.78 is 25.8. The molecule has 0 saturated carbocycles. The molecule has 0 aliphatic heterocycles. The largest absolute Gasteiger partial charge is 0.324 e. The number of hydrogen-bond donors (Lipinski definition) is 1. The molecule has 0 radical (unpaired) electrons. The van der Waals surface area contributed by atoms with E-state index in [-0.39, 0.29) is 6.04 Å². The van der Waals surface area contributed by atoms with E-state index in [9.17, 15) is 8.78 Å². The number of benzene rings is 1. The van der Waals surface area contributed by atoms with Crippen LogP contribution in [0, 0.1) is 11.6 Å². The van der Waals surface area contributed by atoms with E-state index < -0.39 is 11.6 Å². The molecule has 0 bridgehead atoms. The number of halogens is 2. The lowest BCUT2D eigenvalue weighted by Gasteiger charge is -2.12. The van der Waals surface area contributed by atoms with Crippen molar-refractivity contribution in [3.05, 3.63) is 35.4 Å². The van der Waals surface area contributed by atoms with Crippen molar-refractivity contribution in [1.82, 2.24) is 0 Å². The molecule has 1 rings (SSSR count). The standard InChI is InChI=1S/C11H15F2N/c1-2-3-4-11(14)9-6-5-8(12)7-10(9)13/h5-7,11H,2-4,14H2,1H3/t11-/m1/s1. The molecule has 0 heterocycles. The topological polar surface area (TPSA) is 26.0 Å². The Morgan fingerprint density at radius 2 is 2.07 bits per heavy atom. The van der Waals surface area contributed by atoms with Crippen LogP contribution in [0.2, 0.25) is 0 Å². The van der Waals surface area contributed by atoms with Crippen LogP contribution in [0.1, 0.15) is 37.8 Å². The van der Waals surface area contributed by atoms with E-state index in [0.717, 1.165) is 25.3 Å². The summed E-state index contributed by atoms with van der Waals surface area (Å²) in [5.41, 5.74) is 6.17. The second-order valence-electron chi connectivity index (χ2n) is 3.41. The normalized spacial score (nSPS) is 12.9. The van der Waals surface area contributed by atoms with Crippen LogP contribution >= 0.6 is 0 Å². The lowest BCUT2D eigenvalue weighted by atomic mass is 10.0. The first-order valence-electron chi connectivity index (χ1n) is 4.85. The van der Waals surface area contributed by atoms with Gasteiger partial charge in [0.2, 0.25) is 0 Å². The van der Waals surface area contributed by atoms with Gasteiger partial charge in [-0.15, -0.1) is 0 Å². The average molecular weight is 199 g/mol. The van der Waals surface area contributed by atoms with Crippen molar-refractivity contribution in [2.24, 2.45) is 5.73 Å². The van der Waals surface area contributed by atoms with Gasteiger partial charge in [0.15, 0.2) is 0 Å². The molecule has 0 spiro atoms. The molecule has 1 aromatic rings. The van der Waals surface area contributed by atoms with Crippen molar-refractivity contribution in [2.75, 3.05) is 0 Å². The molecule has 3 heteroatoms. The van der Waals surface area contributed by atoms with E-state index in [1.807, 2.05) is 6.92 Å². The lowest BCUT2D eigenvalue weighted by Crippen LogP contribution is -2.12. The molecule has 0 unspecified atom stereocenters. The maximum Gasteiger partial charge on any atom is 0.130 e. The predicted octanol–water partition coefficient (Wildman–Crippen LogP) is 3.15. The summed E-state index contributed by atoms with van der Waals surface area (Å²) in [5, 5.41) is 0. The summed E-state index contributed by atoms with van der Waals surface area (Å²) in [5.74, 6) is -1.11. The molecule has 14 heavy (non-hydrogen) atoms. The minimum atomic E-state index is -0.561. The lowest BCUT2D eigenvalue weighted by molar-refractivity contribution is 0.533. The van der Waals surface area contributed by atoms with E-state index >= 15 is 0 Å². The first kappa shape index (κ1) is 11.1. The second kappa shape index (κ2) is 5.05. The van der Waals surface area contributed by atoms with Crippen LogP contribution in [0.3, 0.4) is 0 Å². The van der Waals surface area contributed by atoms with E-state index in [4.69, 9.17) is 5.73 Å². The van der Waals surface area contributed by atoms with Crippen LogP contribution in [0.5, 0.6) is 0 Å². The van der Waals surface area contributed by atoms with Gasteiger partial charge < -0.3 is 5.73 Å². The van der Waals surface area contributed by atoms with E-state index in [2.05, 4.69) is 0 Å². The third-order valence-corrected chi connectivity index (χ3v) is 2.23. The van der Waals surface area contributed by atoms with Gasteiger partial charge in [0.25, 0.3) is 0 Å². The summed E-state index contributed by atoms with van der Waals surface area (Å²) in [7, 11) is 0. The maximum absolute atomic E-state index is 13.2. The fourth-order valence-electron chi connectivity index (χ4n) is 1.38. The van der Waals surface area contributed by atoms with Gasteiger partial charge >= 0.3 is 0 Å². The van der Waals surface area contributed by atoms with Crippen LogP contribution in [0.4, 0.5) is 8.78 Å². The van der Waals surface area contributed by atoms with Crippen LogP contribution in [0.15, 0.2) is 18.2 Å². The molecular formula is C11H15F2N. The zero-order valence-corrected chi connectivity index (χ0v) is 8.26. The van der Waals surface area contributed by atoms with Gasteiger partial charge in [-0.3, -0.25) is 0 Å². The molecule has 0 aromatic heterocycles. The minimum absolute atomic E-state index is 0.324. The molecule has 78 valence electrons. The van der Waals surface area contributed by atoms with Crippen LogP contribution in [-0.4, -0.2) is 0 Å². The SMILES string of the molecule is CCCC[C@@H](N)c1ccc(F)cc1F. The van der Waals surface area contributed by atoms with Gasteiger partial charge in [-0.1, -0.05) is 25.8 Å². The molecule has 0 amide bonds. The Kier molecular flexibility index (Phi) is 4.01. The first-order valence-corrected chi connectivity index (χ1v) is 4.85. The smallest absolute Gasteiger partial charge is 0.130 e. The highest BCUT2D eigenvalue weighted by molar-refractivity contribution is 5.21. The van der Waals surface area contributed by atoms with E-state index in [0.29, 0.717) is 5.56 Å². The summed E-state index contributed by atoms with van der Waals surface area (Å²) in [4.78, 5) is 0. The van der Waals surface area contributed by atoms with Gasteiger partial charge in [0, 0.05) is 17.7 Å². The fraction of sp³-hybridized carbons (Fsp3) is 0.455. The molecule has 0 fully saturated rings. The van der Waals surface area contributed by atoms with Gasteiger partial charge in [-0.2, -0.15) is 0 Å². The number of nitrogens with two attached hydrogens (primary N) is 1. The van der Waals surface area contributed by atoms with Crippen molar-refractivity contribution in [3.8, 4) is 0 Å². The third-order valence-electron chi connectivity index (χ3n) is 2.23. The highest BCUT2D eigenvalue weighted by atomic mass is 19.1. The molecule has 2 N–H and O–H groups in total. The zero-order chi connectivity index (χ0) is 10.6. The average Bonchev–Trinajstić information content (AvgIpc) is 2.14. The highest BCUT2D eigenvalue weighted by Gasteiger charge is 2.11. The summed E-state index contributed by atoms with van der Waals surface area (Å²) in [6.07, 6.45) is 2.72. The Bertz CT molecular complexity index is 299. The Morgan fingerprint density at radius 3 is 2.64 bits per heavy atom. The molecule has 0 saturated heterocycles. The van der Waals surface area contributed by atoms with Crippen molar-refractivity contribution < 1.29 is 8.78 Å². The van der Waals surface area contributed by atoms with Crippen LogP contribution < -0.4 is 5.73 Å². The quantitative estimate of drug-likeness (QED) is 0.792. The molecule has 0 aliphatic carbocycles. The minimum Gasteiger partial charge on any atom is -0.324 e. The molecular weight excluding hydrogens is 184 g/mol. The highest BCUT2D eigenvalue weighted by Crippen LogP contribution is 2.20. The van der Waals surface area contributed by atoms with Gasteiger partial charge in [-0.25, -0.2) is 8.78 Å². The monoisotopic (exact) mass is 199 g/mol. The second-order valence-corrected chi connectivity index (χ2v) is 3.41. The first-order chi connectivity index (χ1) is 6.65. The van der Waals surface area contributed by atoms with Crippen molar-refractivity contribution in [2.45, 2.75) is 32.2 Å². The Morgan fingerprint density at radius 1 is 1.36 bits per heavy atom. The van der Waals surface area contributed by atoms with Crippen molar-refractivity contribution in [3.63, 3.8) is 0 Å². The summed E-state index contributed by atoms with van der Waals surface area (Å²) in [6.45, 7) is 2.05. The van der Waals surface area contributed by atoms with Gasteiger partial charge in [0.05, 0.1) is 0 Å². The van der Waals surface area contributed by atoms with Gasteiger partial charge in [-0.05, 0) is 12.5 Å². The van der Waals surface area contributed by atoms with Crippen LogP contribution in [-0.2, 0) is 0 Å². The van der Waals surface area contributed by atoms with Crippen LogP contribution in [0.25, 0.3) is 0 Å². The predicted molar refractivity (Wildman–Crippen MR) is 52.8 cm³/mol. The van der Waals surface area contributed by atoms with Crippen molar-refractivity contribution >= 4 is 0 Å². The number of unbranched alkanes of at least 4 members (excludes halogenated alkanes) is 1. The van der Waals surface area contributed by atoms with E-state index in [1.165, 1.54) is 12.1 Å². The van der Waals surface area contributed by atoms with E-state index in [1.54, 1.807) is 0 Å². The maximum atomic E-state index is 13.2. The van der Waals surface area contributed by atoms with Gasteiger partial charge in [0.1, 0.15) is 11.6 Å². The summed E-state index contributed by atoms with van der Waals surface area (Å²) >= 11 is 0. The number of rotatable bonds is 4. The Hall–Kier alpha value is -0.960. The van der Waals surface area contributed by atoms with Crippen molar-refractivity contribution in [1.29, 1.82) is 0 Å². The Labute approximate surface area is 82.9 Å². The molecule has 1 aromatic carbocycles. The fourth-order valence-corrected chi connectivity index (χ4v) is 1.38. The zero-order valence-electron chi connectivity index (χ0n) is 8.26. The third kappa shape index (κ3) is 2.77. The molecule has 0 aliphatic rings. The molecule has 1 atom stereocenters. The Balaban J connectivity index is 2.74. The number of hydrogen-bond acceptors (Lipinski definition) is 1. The molecule has 1 nitrogen and oxygen atoms in total. The summed E-state index contributed by atoms with van der Waals surface area (Å²) in [6, 6.07) is 3.21.